The molecule has 0 bridgehead atoms. The molecule has 6 heteroatoms. The van der Waals surface area contributed by atoms with Gasteiger partial charge in [-0.1, -0.05) is 30.8 Å². The number of methoxy groups -OCH3 is 1. The third-order valence-corrected chi connectivity index (χ3v) is 4.21. The Morgan fingerprint density at radius 2 is 1.91 bits per heavy atom. The number of esters is 1. The molecule has 22 heavy (non-hydrogen) atoms. The van der Waals surface area contributed by atoms with E-state index in [9.17, 15) is 14.9 Å². The van der Waals surface area contributed by atoms with Gasteiger partial charge in [-0.05, 0) is 36.2 Å². The summed E-state index contributed by atoms with van der Waals surface area (Å²) in [4.78, 5) is 23.6. The maximum absolute atomic E-state index is 11.5. The number of nitrogens with zero attached hydrogens (tertiary/aromatic N) is 1. The molecule has 0 aliphatic carbocycles. The lowest BCUT2D eigenvalue weighted by atomic mass is 10.2. The van der Waals surface area contributed by atoms with Crippen LogP contribution < -0.4 is 0 Å². The molecule has 0 heterocycles. The number of carbonyl (C=O) groups is 1. The molecule has 0 N–H and O–H groups in total. The van der Waals surface area contributed by atoms with Gasteiger partial charge in [-0.15, -0.1) is 0 Å². The highest BCUT2D eigenvalue weighted by atomic mass is 32.2. The van der Waals surface area contributed by atoms with Crippen LogP contribution in [0.1, 0.15) is 22.8 Å². The smallest absolute Gasteiger partial charge is 0.338 e. The first kappa shape index (κ1) is 16.0. The van der Waals surface area contributed by atoms with Crippen molar-refractivity contribution in [3.63, 3.8) is 0 Å². The van der Waals surface area contributed by atoms with Crippen LogP contribution in [0.5, 0.6) is 0 Å². The van der Waals surface area contributed by atoms with Crippen molar-refractivity contribution < 1.29 is 14.5 Å². The first-order valence-electron chi connectivity index (χ1n) is 6.68. The van der Waals surface area contributed by atoms with E-state index in [1.54, 1.807) is 6.07 Å². The summed E-state index contributed by atoms with van der Waals surface area (Å²) in [7, 11) is 1.24. The summed E-state index contributed by atoms with van der Waals surface area (Å²) >= 11 is 1.30. The number of ether oxygens (including phenoxy) is 1. The molecule has 2 aromatic rings. The van der Waals surface area contributed by atoms with Crippen molar-refractivity contribution in [3.05, 3.63) is 63.7 Å². The van der Waals surface area contributed by atoms with E-state index < -0.39 is 10.9 Å². The number of carbonyl (C=O) groups excluding carboxylic acids is 1. The monoisotopic (exact) mass is 317 g/mol. The first-order valence-corrected chi connectivity index (χ1v) is 7.50. The zero-order chi connectivity index (χ0) is 16.1. The standard InChI is InChI=1S/C16H15NO4S/c1-3-11-4-7-13(8-5-11)22-15-9-6-12(16(18)21-2)10-14(15)17(19)20/h4-10H,3H2,1-2H3. The van der Waals surface area contributed by atoms with Crippen molar-refractivity contribution in [1.82, 2.24) is 0 Å². The second kappa shape index (κ2) is 7.09. The Morgan fingerprint density at radius 1 is 1.23 bits per heavy atom. The molecule has 0 fully saturated rings. The summed E-state index contributed by atoms with van der Waals surface area (Å²) in [6, 6.07) is 12.2. The minimum absolute atomic E-state index is 0.104. The molecule has 0 radical (unpaired) electrons. The van der Waals surface area contributed by atoms with E-state index in [1.165, 1.54) is 36.6 Å². The predicted molar refractivity (Wildman–Crippen MR) is 84.4 cm³/mol. The first-order chi connectivity index (χ1) is 10.5. The van der Waals surface area contributed by atoms with Gasteiger partial charge in [0.25, 0.3) is 5.69 Å². The Hall–Kier alpha value is -2.34. The lowest BCUT2D eigenvalue weighted by Crippen LogP contribution is -2.02. The third kappa shape index (κ3) is 3.65. The molecular weight excluding hydrogens is 302 g/mol. The Bertz CT molecular complexity index is 698. The van der Waals surface area contributed by atoms with Crippen LogP contribution in [0.15, 0.2) is 52.3 Å². The van der Waals surface area contributed by atoms with Gasteiger partial charge in [-0.25, -0.2) is 4.79 Å². The highest BCUT2D eigenvalue weighted by Gasteiger charge is 2.18. The van der Waals surface area contributed by atoms with Crippen LogP contribution in [-0.4, -0.2) is 18.0 Å². The highest BCUT2D eigenvalue weighted by Crippen LogP contribution is 2.35. The molecule has 5 nitrogen and oxygen atoms in total. The Balaban J connectivity index is 2.33. The van der Waals surface area contributed by atoms with Gasteiger partial charge in [0.05, 0.1) is 22.5 Å². The predicted octanol–water partition coefficient (Wildman–Crippen LogP) is 4.10. The second-order valence-corrected chi connectivity index (χ2v) is 5.65. The minimum Gasteiger partial charge on any atom is -0.465 e. The molecule has 114 valence electrons. The van der Waals surface area contributed by atoms with Gasteiger partial charge >= 0.3 is 5.97 Å². The van der Waals surface area contributed by atoms with E-state index in [4.69, 9.17) is 0 Å². The van der Waals surface area contributed by atoms with E-state index in [1.807, 2.05) is 24.3 Å². The Kier molecular flexibility index (Phi) is 5.16. The van der Waals surface area contributed by atoms with E-state index in [-0.39, 0.29) is 11.3 Å². The number of benzene rings is 2. The average Bonchev–Trinajstić information content (AvgIpc) is 2.55. The van der Waals surface area contributed by atoms with Crippen molar-refractivity contribution in [2.75, 3.05) is 7.11 Å². The lowest BCUT2D eigenvalue weighted by molar-refractivity contribution is -0.387. The van der Waals surface area contributed by atoms with E-state index in [0.717, 1.165) is 11.3 Å². The summed E-state index contributed by atoms with van der Waals surface area (Å²) in [5.41, 5.74) is 1.27. The zero-order valence-electron chi connectivity index (χ0n) is 12.2. The Labute approximate surface area is 132 Å². The molecule has 0 saturated carbocycles. The van der Waals surface area contributed by atoms with Gasteiger partial charge in [0.15, 0.2) is 0 Å². The zero-order valence-corrected chi connectivity index (χ0v) is 13.1. The van der Waals surface area contributed by atoms with Crippen LogP contribution in [0.2, 0.25) is 0 Å². The van der Waals surface area contributed by atoms with Gasteiger partial charge < -0.3 is 4.74 Å². The van der Waals surface area contributed by atoms with Crippen LogP contribution in [0.3, 0.4) is 0 Å². The normalized spacial score (nSPS) is 10.3. The van der Waals surface area contributed by atoms with E-state index >= 15 is 0 Å². The van der Waals surface area contributed by atoms with Gasteiger partial charge in [0.1, 0.15) is 0 Å². The number of aryl methyl sites for hydroxylation is 1. The number of hydrogen-bond acceptors (Lipinski definition) is 5. The largest absolute Gasteiger partial charge is 0.465 e. The molecule has 0 aromatic heterocycles. The molecule has 2 rings (SSSR count). The number of nitro groups is 1. The fraction of sp³-hybridized carbons (Fsp3) is 0.188. The fourth-order valence-electron chi connectivity index (χ4n) is 1.91. The van der Waals surface area contributed by atoms with Gasteiger partial charge in [0, 0.05) is 11.0 Å². The van der Waals surface area contributed by atoms with Gasteiger partial charge in [-0.3, -0.25) is 10.1 Å². The van der Waals surface area contributed by atoms with Gasteiger partial charge in [-0.2, -0.15) is 0 Å². The minimum atomic E-state index is -0.591. The summed E-state index contributed by atoms with van der Waals surface area (Å²) in [6.45, 7) is 2.07. The molecule has 2 aromatic carbocycles. The van der Waals surface area contributed by atoms with Crippen LogP contribution in [-0.2, 0) is 11.2 Å². The molecule has 0 spiro atoms. The number of hydrogen-bond donors (Lipinski definition) is 0. The van der Waals surface area contributed by atoms with E-state index in [2.05, 4.69) is 11.7 Å². The van der Waals surface area contributed by atoms with Crippen molar-refractivity contribution in [3.8, 4) is 0 Å². The number of nitro benzene ring substituents is 1. The van der Waals surface area contributed by atoms with Crippen molar-refractivity contribution in [2.45, 2.75) is 23.1 Å². The van der Waals surface area contributed by atoms with Crippen molar-refractivity contribution in [2.24, 2.45) is 0 Å². The Morgan fingerprint density at radius 3 is 2.45 bits per heavy atom. The highest BCUT2D eigenvalue weighted by molar-refractivity contribution is 7.99. The van der Waals surface area contributed by atoms with Crippen LogP contribution in [0.25, 0.3) is 0 Å². The molecule has 0 aliphatic heterocycles. The summed E-state index contributed by atoms with van der Waals surface area (Å²) < 4.78 is 4.59. The van der Waals surface area contributed by atoms with Gasteiger partial charge in [0.2, 0.25) is 0 Å². The number of rotatable bonds is 5. The summed E-state index contributed by atoms with van der Waals surface area (Å²) in [5.74, 6) is -0.591. The second-order valence-electron chi connectivity index (χ2n) is 4.53. The van der Waals surface area contributed by atoms with E-state index in [0.29, 0.717) is 4.90 Å². The fourth-order valence-corrected chi connectivity index (χ4v) is 2.81. The molecular formula is C16H15NO4S. The molecule has 0 atom stereocenters. The van der Waals surface area contributed by atoms with Crippen molar-refractivity contribution in [1.29, 1.82) is 0 Å². The lowest BCUT2D eigenvalue weighted by Gasteiger charge is -2.06. The molecule has 0 unspecified atom stereocenters. The SMILES string of the molecule is CCc1ccc(Sc2ccc(C(=O)OC)cc2[N+](=O)[O-])cc1. The van der Waals surface area contributed by atoms with Crippen LogP contribution >= 0.6 is 11.8 Å². The quantitative estimate of drug-likeness (QED) is 0.472. The molecule has 0 saturated heterocycles. The van der Waals surface area contributed by atoms with Crippen LogP contribution in [0, 0.1) is 10.1 Å². The molecule has 0 aliphatic rings. The average molecular weight is 317 g/mol. The van der Waals surface area contributed by atoms with Crippen molar-refractivity contribution >= 4 is 23.4 Å². The molecule has 0 amide bonds. The summed E-state index contributed by atoms with van der Waals surface area (Å²) in [5, 5.41) is 11.2. The summed E-state index contributed by atoms with van der Waals surface area (Å²) in [6.07, 6.45) is 0.943. The maximum atomic E-state index is 11.5. The maximum Gasteiger partial charge on any atom is 0.338 e. The topological polar surface area (TPSA) is 69.4 Å². The van der Waals surface area contributed by atoms with Crippen LogP contribution in [0.4, 0.5) is 5.69 Å². The third-order valence-electron chi connectivity index (χ3n) is 3.14.